The van der Waals surface area contributed by atoms with Gasteiger partial charge in [0.25, 0.3) is 0 Å². The lowest BCUT2D eigenvalue weighted by molar-refractivity contribution is 0.0697. The number of benzene rings is 1. The number of nitrogens with zero attached hydrogens (tertiary/aromatic N) is 2. The third-order valence-corrected chi connectivity index (χ3v) is 4.70. The van der Waals surface area contributed by atoms with Crippen molar-refractivity contribution in [1.29, 1.82) is 0 Å². The van der Waals surface area contributed by atoms with Gasteiger partial charge < -0.3 is 10.4 Å². The van der Waals surface area contributed by atoms with E-state index in [4.69, 9.17) is 5.11 Å². The number of aromatic nitrogens is 2. The van der Waals surface area contributed by atoms with E-state index < -0.39 is 5.97 Å². The number of carboxylic acid groups (broad SMARTS) is 1. The fourth-order valence-electron chi connectivity index (χ4n) is 2.31. The first-order chi connectivity index (χ1) is 11.1. The van der Waals surface area contributed by atoms with Gasteiger partial charge in [0.15, 0.2) is 0 Å². The molecule has 1 aromatic carbocycles. The summed E-state index contributed by atoms with van der Waals surface area (Å²) in [4.78, 5) is 22.5. The number of aryl methyl sites for hydroxylation is 2. The Morgan fingerprint density at radius 1 is 1.22 bits per heavy atom. The molecule has 23 heavy (non-hydrogen) atoms. The predicted molar refractivity (Wildman–Crippen MR) is 92.9 cm³/mol. The zero-order valence-corrected chi connectivity index (χ0v) is 13.8. The molecule has 3 aromatic rings. The number of hydrogen-bond acceptors (Lipinski definition) is 5. The molecule has 0 aliphatic rings. The lowest BCUT2D eigenvalue weighted by Gasteiger charge is -2.09. The molecule has 6 heteroatoms. The van der Waals surface area contributed by atoms with Crippen molar-refractivity contribution in [3.8, 4) is 0 Å². The smallest absolute Gasteiger partial charge is 0.335 e. The highest BCUT2D eigenvalue weighted by atomic mass is 32.1. The van der Waals surface area contributed by atoms with E-state index in [9.17, 15) is 4.79 Å². The molecule has 0 aliphatic carbocycles. The number of hydrogen-bond donors (Lipinski definition) is 2. The van der Waals surface area contributed by atoms with Crippen LogP contribution in [-0.2, 0) is 12.8 Å². The average molecular weight is 327 g/mol. The molecule has 0 radical (unpaired) electrons. The summed E-state index contributed by atoms with van der Waals surface area (Å²) in [6.45, 7) is 4.13. The van der Waals surface area contributed by atoms with Crippen molar-refractivity contribution >= 4 is 39.0 Å². The Hall–Kier alpha value is -2.47. The summed E-state index contributed by atoms with van der Waals surface area (Å²) in [5, 5.41) is 13.3. The standard InChI is InChI=1S/C17H17N3O2S/c1-3-12-9-13-15(19-14(4-2)20-16(13)23-12)18-11-7-5-6-10(8-11)17(21)22/h5-9H,3-4H2,1-2H3,(H,21,22)(H,18,19,20). The first-order valence-corrected chi connectivity index (χ1v) is 8.32. The van der Waals surface area contributed by atoms with Crippen LogP contribution in [0.1, 0.15) is 34.9 Å². The average Bonchev–Trinajstić information content (AvgIpc) is 2.98. The minimum Gasteiger partial charge on any atom is -0.478 e. The van der Waals surface area contributed by atoms with Crippen molar-refractivity contribution in [3.05, 3.63) is 46.6 Å². The Kier molecular flexibility index (Phi) is 4.25. The van der Waals surface area contributed by atoms with E-state index in [0.29, 0.717) is 5.69 Å². The summed E-state index contributed by atoms with van der Waals surface area (Å²) in [7, 11) is 0. The van der Waals surface area contributed by atoms with Crippen LogP contribution in [0.25, 0.3) is 10.2 Å². The molecular weight excluding hydrogens is 310 g/mol. The van der Waals surface area contributed by atoms with Crippen LogP contribution in [0.4, 0.5) is 11.5 Å². The van der Waals surface area contributed by atoms with Gasteiger partial charge in [-0.1, -0.05) is 19.9 Å². The predicted octanol–water partition coefficient (Wildman–Crippen LogP) is 4.26. The molecule has 5 nitrogen and oxygen atoms in total. The Labute approximate surface area is 138 Å². The molecule has 0 unspecified atom stereocenters. The fraction of sp³-hybridized carbons (Fsp3) is 0.235. The van der Waals surface area contributed by atoms with Crippen molar-refractivity contribution in [2.45, 2.75) is 26.7 Å². The molecule has 118 valence electrons. The van der Waals surface area contributed by atoms with Gasteiger partial charge in [0, 0.05) is 17.0 Å². The molecule has 2 aromatic heterocycles. The molecule has 0 atom stereocenters. The van der Waals surface area contributed by atoms with E-state index in [1.165, 1.54) is 4.88 Å². The summed E-state index contributed by atoms with van der Waals surface area (Å²) < 4.78 is 0. The number of rotatable bonds is 5. The molecular formula is C17H17N3O2S. The highest BCUT2D eigenvalue weighted by Crippen LogP contribution is 2.31. The minimum atomic E-state index is -0.945. The van der Waals surface area contributed by atoms with Gasteiger partial charge in [-0.3, -0.25) is 0 Å². The van der Waals surface area contributed by atoms with Crippen LogP contribution in [0.5, 0.6) is 0 Å². The maximum atomic E-state index is 11.1. The number of carbonyl (C=O) groups is 1. The Bertz CT molecular complexity index is 873. The van der Waals surface area contributed by atoms with Gasteiger partial charge in [-0.15, -0.1) is 11.3 Å². The van der Waals surface area contributed by atoms with Crippen LogP contribution in [0.3, 0.4) is 0 Å². The molecule has 0 amide bonds. The topological polar surface area (TPSA) is 75.1 Å². The quantitative estimate of drug-likeness (QED) is 0.732. The maximum Gasteiger partial charge on any atom is 0.335 e. The number of carboxylic acids is 1. The molecule has 2 heterocycles. The Morgan fingerprint density at radius 3 is 2.74 bits per heavy atom. The van der Waals surface area contributed by atoms with Gasteiger partial charge in [-0.05, 0) is 30.7 Å². The molecule has 0 bridgehead atoms. The van der Waals surface area contributed by atoms with Crippen molar-refractivity contribution in [2.24, 2.45) is 0 Å². The van der Waals surface area contributed by atoms with E-state index >= 15 is 0 Å². The zero-order valence-electron chi connectivity index (χ0n) is 13.0. The van der Waals surface area contributed by atoms with Crippen LogP contribution < -0.4 is 5.32 Å². The molecule has 2 N–H and O–H groups in total. The van der Waals surface area contributed by atoms with Gasteiger partial charge in [-0.2, -0.15) is 0 Å². The number of fused-ring (bicyclic) bond motifs is 1. The van der Waals surface area contributed by atoms with Crippen LogP contribution in [-0.4, -0.2) is 21.0 Å². The lowest BCUT2D eigenvalue weighted by atomic mass is 10.2. The number of thiophene rings is 1. The molecule has 0 saturated carbocycles. The number of anilines is 2. The normalized spacial score (nSPS) is 10.9. The van der Waals surface area contributed by atoms with Gasteiger partial charge in [0.1, 0.15) is 16.5 Å². The SMILES string of the molecule is CCc1nc(Nc2cccc(C(=O)O)c2)c2cc(CC)sc2n1. The van der Waals surface area contributed by atoms with Crippen molar-refractivity contribution in [2.75, 3.05) is 5.32 Å². The largest absolute Gasteiger partial charge is 0.478 e. The highest BCUT2D eigenvalue weighted by molar-refractivity contribution is 7.18. The van der Waals surface area contributed by atoms with E-state index in [1.54, 1.807) is 29.5 Å². The lowest BCUT2D eigenvalue weighted by Crippen LogP contribution is -2.01. The second kappa shape index (κ2) is 6.34. The van der Waals surface area contributed by atoms with Crippen LogP contribution in [0, 0.1) is 0 Å². The summed E-state index contributed by atoms with van der Waals surface area (Å²) in [6, 6.07) is 8.83. The number of nitrogens with one attached hydrogen (secondary N) is 1. The van der Waals surface area contributed by atoms with E-state index in [1.807, 2.05) is 13.0 Å². The fourth-order valence-corrected chi connectivity index (χ4v) is 3.30. The molecule has 0 saturated heterocycles. The third-order valence-electron chi connectivity index (χ3n) is 3.53. The van der Waals surface area contributed by atoms with Crippen LogP contribution in [0.15, 0.2) is 30.3 Å². The molecule has 0 fully saturated rings. The molecule has 3 rings (SSSR count). The first-order valence-electron chi connectivity index (χ1n) is 7.50. The van der Waals surface area contributed by atoms with E-state index in [2.05, 4.69) is 28.3 Å². The van der Waals surface area contributed by atoms with Gasteiger partial charge in [0.2, 0.25) is 0 Å². The molecule has 0 aliphatic heterocycles. The van der Waals surface area contributed by atoms with Gasteiger partial charge >= 0.3 is 5.97 Å². The maximum absolute atomic E-state index is 11.1. The highest BCUT2D eigenvalue weighted by Gasteiger charge is 2.12. The third kappa shape index (κ3) is 3.17. The van der Waals surface area contributed by atoms with Crippen LogP contribution >= 0.6 is 11.3 Å². The van der Waals surface area contributed by atoms with E-state index in [0.717, 1.165) is 34.7 Å². The molecule has 0 spiro atoms. The second-order valence-electron chi connectivity index (χ2n) is 5.14. The van der Waals surface area contributed by atoms with Gasteiger partial charge in [-0.25, -0.2) is 14.8 Å². The monoisotopic (exact) mass is 327 g/mol. The van der Waals surface area contributed by atoms with Crippen LogP contribution in [0.2, 0.25) is 0 Å². The van der Waals surface area contributed by atoms with Crippen molar-refractivity contribution < 1.29 is 9.90 Å². The van der Waals surface area contributed by atoms with Crippen molar-refractivity contribution in [3.63, 3.8) is 0 Å². The second-order valence-corrected chi connectivity index (χ2v) is 6.25. The zero-order chi connectivity index (χ0) is 16.4. The summed E-state index contributed by atoms with van der Waals surface area (Å²) in [5.74, 6) is 0.559. The summed E-state index contributed by atoms with van der Waals surface area (Å²) in [6.07, 6.45) is 1.70. The van der Waals surface area contributed by atoms with E-state index in [-0.39, 0.29) is 5.56 Å². The van der Waals surface area contributed by atoms with Crippen molar-refractivity contribution in [1.82, 2.24) is 9.97 Å². The van der Waals surface area contributed by atoms with Gasteiger partial charge in [0.05, 0.1) is 10.9 Å². The summed E-state index contributed by atoms with van der Waals surface area (Å²) in [5.41, 5.74) is 0.951. The Balaban J connectivity index is 2.06. The Morgan fingerprint density at radius 2 is 2.04 bits per heavy atom. The first kappa shape index (κ1) is 15.4. The number of aromatic carboxylic acids is 1. The summed E-state index contributed by atoms with van der Waals surface area (Å²) >= 11 is 1.67. The minimum absolute atomic E-state index is 0.246.